The standard InChI is InChI=1S/C12H14FN3O/c1-2-11(12-4-3-9(13)7-14-12)15-8-10-5-6-16-17-10/h3-7,11,15H,2,8H2,1H3. The van der Waals surface area contributed by atoms with Crippen molar-refractivity contribution in [2.45, 2.75) is 25.9 Å². The van der Waals surface area contributed by atoms with Crippen molar-refractivity contribution in [3.63, 3.8) is 0 Å². The average molecular weight is 235 g/mol. The molecule has 2 rings (SSSR count). The fourth-order valence-corrected chi connectivity index (χ4v) is 1.61. The van der Waals surface area contributed by atoms with E-state index in [0.717, 1.165) is 17.9 Å². The van der Waals surface area contributed by atoms with E-state index in [4.69, 9.17) is 4.52 Å². The first-order chi connectivity index (χ1) is 8.29. The van der Waals surface area contributed by atoms with Gasteiger partial charge in [-0.1, -0.05) is 12.1 Å². The summed E-state index contributed by atoms with van der Waals surface area (Å²) in [5.74, 6) is 0.449. The van der Waals surface area contributed by atoms with Crippen LogP contribution in [0.2, 0.25) is 0 Å². The molecule has 0 saturated carbocycles. The fraction of sp³-hybridized carbons (Fsp3) is 0.333. The summed E-state index contributed by atoms with van der Waals surface area (Å²) in [4.78, 5) is 4.07. The van der Waals surface area contributed by atoms with E-state index in [1.165, 1.54) is 12.3 Å². The number of rotatable bonds is 5. The van der Waals surface area contributed by atoms with Gasteiger partial charge in [-0.15, -0.1) is 0 Å². The number of halogens is 1. The topological polar surface area (TPSA) is 51.0 Å². The minimum absolute atomic E-state index is 0.0840. The van der Waals surface area contributed by atoms with Crippen LogP contribution in [0.15, 0.2) is 35.1 Å². The highest BCUT2D eigenvalue weighted by Gasteiger charge is 2.10. The second-order valence-corrected chi connectivity index (χ2v) is 3.72. The highest BCUT2D eigenvalue weighted by atomic mass is 19.1. The van der Waals surface area contributed by atoms with E-state index < -0.39 is 0 Å². The summed E-state index contributed by atoms with van der Waals surface area (Å²) < 4.78 is 17.7. The van der Waals surface area contributed by atoms with E-state index >= 15 is 0 Å². The van der Waals surface area contributed by atoms with Crippen molar-refractivity contribution in [2.75, 3.05) is 0 Å². The Bertz CT molecular complexity index is 441. The van der Waals surface area contributed by atoms with Gasteiger partial charge < -0.3 is 9.84 Å². The molecule has 1 unspecified atom stereocenters. The van der Waals surface area contributed by atoms with Gasteiger partial charge in [0.1, 0.15) is 11.6 Å². The predicted molar refractivity (Wildman–Crippen MR) is 60.6 cm³/mol. The van der Waals surface area contributed by atoms with Gasteiger partial charge in [-0.2, -0.15) is 0 Å². The van der Waals surface area contributed by atoms with Gasteiger partial charge in [-0.3, -0.25) is 4.98 Å². The van der Waals surface area contributed by atoms with Crippen LogP contribution in [0.3, 0.4) is 0 Å². The molecule has 0 aliphatic rings. The van der Waals surface area contributed by atoms with Crippen LogP contribution in [0, 0.1) is 5.82 Å². The molecule has 0 bridgehead atoms. The largest absolute Gasteiger partial charge is 0.360 e. The Labute approximate surface area is 98.8 Å². The molecule has 0 radical (unpaired) electrons. The lowest BCUT2D eigenvalue weighted by molar-refractivity contribution is 0.360. The maximum atomic E-state index is 12.8. The van der Waals surface area contributed by atoms with E-state index in [1.807, 2.05) is 6.92 Å². The van der Waals surface area contributed by atoms with E-state index in [0.29, 0.717) is 6.54 Å². The minimum Gasteiger partial charge on any atom is -0.360 e. The van der Waals surface area contributed by atoms with Crippen molar-refractivity contribution >= 4 is 0 Å². The van der Waals surface area contributed by atoms with Gasteiger partial charge in [0, 0.05) is 12.1 Å². The normalized spacial score (nSPS) is 12.6. The monoisotopic (exact) mass is 235 g/mol. The van der Waals surface area contributed by atoms with E-state index in [9.17, 15) is 4.39 Å². The highest BCUT2D eigenvalue weighted by Crippen LogP contribution is 2.14. The van der Waals surface area contributed by atoms with E-state index in [1.54, 1.807) is 18.3 Å². The summed E-state index contributed by atoms with van der Waals surface area (Å²) in [6.07, 6.45) is 3.70. The van der Waals surface area contributed by atoms with Crippen molar-refractivity contribution < 1.29 is 8.91 Å². The zero-order chi connectivity index (χ0) is 12.1. The number of nitrogens with zero attached hydrogens (tertiary/aromatic N) is 2. The Balaban J connectivity index is 1.99. The lowest BCUT2D eigenvalue weighted by Gasteiger charge is -2.15. The molecule has 0 aromatic carbocycles. The lowest BCUT2D eigenvalue weighted by Crippen LogP contribution is -2.21. The molecular formula is C12H14FN3O. The van der Waals surface area contributed by atoms with E-state index in [2.05, 4.69) is 15.5 Å². The molecule has 0 spiro atoms. The Hall–Kier alpha value is -1.75. The minimum atomic E-state index is -0.321. The fourth-order valence-electron chi connectivity index (χ4n) is 1.61. The van der Waals surface area contributed by atoms with Crippen molar-refractivity contribution in [1.29, 1.82) is 0 Å². The molecule has 0 saturated heterocycles. The molecule has 17 heavy (non-hydrogen) atoms. The zero-order valence-electron chi connectivity index (χ0n) is 9.56. The van der Waals surface area contributed by atoms with Gasteiger partial charge in [0.15, 0.2) is 0 Å². The smallest absolute Gasteiger partial charge is 0.150 e. The molecular weight excluding hydrogens is 221 g/mol. The third-order valence-corrected chi connectivity index (χ3v) is 2.53. The van der Waals surface area contributed by atoms with Gasteiger partial charge in [-0.05, 0) is 18.6 Å². The van der Waals surface area contributed by atoms with Gasteiger partial charge in [0.05, 0.1) is 24.6 Å². The molecule has 0 aliphatic carbocycles. The second kappa shape index (κ2) is 5.54. The second-order valence-electron chi connectivity index (χ2n) is 3.72. The molecule has 4 nitrogen and oxygen atoms in total. The molecule has 0 fully saturated rings. The van der Waals surface area contributed by atoms with Gasteiger partial charge in [-0.25, -0.2) is 4.39 Å². The predicted octanol–water partition coefficient (Wildman–Crippen LogP) is 2.45. The Morgan fingerprint density at radius 3 is 2.88 bits per heavy atom. The average Bonchev–Trinajstić information content (AvgIpc) is 2.85. The molecule has 0 amide bonds. The highest BCUT2D eigenvalue weighted by molar-refractivity contribution is 5.10. The quantitative estimate of drug-likeness (QED) is 0.864. The number of aromatic nitrogens is 2. The first kappa shape index (κ1) is 11.7. The van der Waals surface area contributed by atoms with Crippen molar-refractivity contribution in [2.24, 2.45) is 0 Å². The third kappa shape index (κ3) is 3.10. The number of hydrogen-bond acceptors (Lipinski definition) is 4. The number of pyridine rings is 1. The molecule has 90 valence electrons. The molecule has 2 heterocycles. The summed E-state index contributed by atoms with van der Waals surface area (Å²) in [6, 6.07) is 5.00. The van der Waals surface area contributed by atoms with Crippen LogP contribution in [0.4, 0.5) is 4.39 Å². The maximum Gasteiger partial charge on any atom is 0.150 e. The van der Waals surface area contributed by atoms with Gasteiger partial charge in [0.2, 0.25) is 0 Å². The van der Waals surface area contributed by atoms with Crippen LogP contribution >= 0.6 is 0 Å². The van der Waals surface area contributed by atoms with Crippen LogP contribution < -0.4 is 5.32 Å². The number of nitrogens with one attached hydrogen (secondary N) is 1. The maximum absolute atomic E-state index is 12.8. The molecule has 2 aromatic heterocycles. The first-order valence-corrected chi connectivity index (χ1v) is 5.54. The molecule has 1 N–H and O–H groups in total. The summed E-state index contributed by atoms with van der Waals surface area (Å²) in [7, 11) is 0. The summed E-state index contributed by atoms with van der Waals surface area (Å²) in [5.41, 5.74) is 0.827. The van der Waals surface area contributed by atoms with Crippen molar-refractivity contribution in [1.82, 2.24) is 15.5 Å². The van der Waals surface area contributed by atoms with Crippen LogP contribution in [0.25, 0.3) is 0 Å². The molecule has 2 aromatic rings. The van der Waals surface area contributed by atoms with E-state index in [-0.39, 0.29) is 11.9 Å². The van der Waals surface area contributed by atoms with Crippen LogP contribution in [-0.4, -0.2) is 10.1 Å². The van der Waals surface area contributed by atoms with Gasteiger partial charge >= 0.3 is 0 Å². The van der Waals surface area contributed by atoms with Crippen molar-refractivity contribution in [3.8, 4) is 0 Å². The Kier molecular flexibility index (Phi) is 3.82. The number of hydrogen-bond donors (Lipinski definition) is 1. The van der Waals surface area contributed by atoms with Crippen LogP contribution in [0.1, 0.15) is 30.8 Å². The first-order valence-electron chi connectivity index (χ1n) is 5.54. The molecule has 1 atom stereocenters. The van der Waals surface area contributed by atoms with Crippen LogP contribution in [0.5, 0.6) is 0 Å². The Morgan fingerprint density at radius 1 is 1.41 bits per heavy atom. The Morgan fingerprint density at radius 2 is 2.29 bits per heavy atom. The summed E-state index contributed by atoms with van der Waals surface area (Å²) in [6.45, 7) is 2.63. The van der Waals surface area contributed by atoms with Crippen molar-refractivity contribution in [3.05, 3.63) is 47.9 Å². The summed E-state index contributed by atoms with van der Waals surface area (Å²) >= 11 is 0. The lowest BCUT2D eigenvalue weighted by atomic mass is 10.1. The SMILES string of the molecule is CCC(NCc1ccno1)c1ccc(F)cn1. The zero-order valence-corrected chi connectivity index (χ0v) is 9.56. The van der Waals surface area contributed by atoms with Gasteiger partial charge in [0.25, 0.3) is 0 Å². The molecule has 5 heteroatoms. The molecule has 0 aliphatic heterocycles. The van der Waals surface area contributed by atoms with Crippen LogP contribution in [-0.2, 0) is 6.54 Å². The summed E-state index contributed by atoms with van der Waals surface area (Å²) in [5, 5.41) is 6.92. The third-order valence-electron chi connectivity index (χ3n) is 2.53.